The van der Waals surface area contributed by atoms with Crippen LogP contribution in [0.5, 0.6) is 0 Å². The number of hydrogen-bond donors (Lipinski definition) is 2. The summed E-state index contributed by atoms with van der Waals surface area (Å²) in [7, 11) is -1.60. The molecule has 4 rings (SSSR count). The Labute approximate surface area is 248 Å². The van der Waals surface area contributed by atoms with Crippen LogP contribution in [0.25, 0.3) is 11.1 Å². The van der Waals surface area contributed by atoms with Crippen molar-refractivity contribution >= 4 is 21.7 Å². The second kappa shape index (κ2) is 13.7. The number of aromatic nitrogens is 2. The number of hydrogen-bond acceptors (Lipinski definition) is 6. The normalized spacial score (nSPS) is 12.9. The van der Waals surface area contributed by atoms with Gasteiger partial charge in [-0.15, -0.1) is 0 Å². The number of carbonyl (C=O) groups is 2. The molecule has 0 saturated carbocycles. The average molecular weight is 612 g/mol. The highest BCUT2D eigenvalue weighted by Gasteiger charge is 2.25. The topological polar surface area (TPSA) is 128 Å². The monoisotopic (exact) mass is 611 g/mol. The summed E-state index contributed by atoms with van der Waals surface area (Å²) in [5.74, 6) is -3.46. The van der Waals surface area contributed by atoms with Crippen LogP contribution in [0.15, 0.2) is 79.3 Å². The van der Waals surface area contributed by atoms with Gasteiger partial charge in [-0.2, -0.15) is 0 Å². The molecule has 226 valence electrons. The van der Waals surface area contributed by atoms with E-state index in [0.29, 0.717) is 28.7 Å². The zero-order chi connectivity index (χ0) is 31.1. The van der Waals surface area contributed by atoms with Crippen molar-refractivity contribution in [2.75, 3.05) is 18.6 Å². The lowest BCUT2D eigenvalue weighted by atomic mass is 9.92. The fraction of sp³-hybridized carbons (Fsp3) is 0.258. The molecule has 1 heterocycles. The fourth-order valence-corrected chi connectivity index (χ4v) is 5.21. The van der Waals surface area contributed by atoms with Crippen LogP contribution in [-0.2, 0) is 32.8 Å². The second-order valence-corrected chi connectivity index (χ2v) is 12.4. The highest BCUT2D eigenvalue weighted by Crippen LogP contribution is 2.33. The zero-order valence-corrected chi connectivity index (χ0v) is 24.4. The smallest absolute Gasteiger partial charge is 0.326 e. The number of nitrogens with zero attached hydrogens (tertiary/aromatic N) is 2. The summed E-state index contributed by atoms with van der Waals surface area (Å²) in [6.45, 7) is 0.288. The lowest BCUT2D eigenvalue weighted by Crippen LogP contribution is -2.42. The Kier molecular flexibility index (Phi) is 10.0. The minimum atomic E-state index is -3.47. The first-order valence-corrected chi connectivity index (χ1v) is 15.4. The van der Waals surface area contributed by atoms with E-state index in [-0.39, 0.29) is 18.6 Å². The number of aryl methyl sites for hydroxylation is 1. The maximum atomic E-state index is 13.8. The van der Waals surface area contributed by atoms with Crippen LogP contribution in [0.3, 0.4) is 0 Å². The van der Waals surface area contributed by atoms with Gasteiger partial charge in [-0.1, -0.05) is 30.3 Å². The molecule has 2 atom stereocenters. The van der Waals surface area contributed by atoms with Crippen LogP contribution in [0, 0.1) is 11.6 Å². The van der Waals surface area contributed by atoms with Gasteiger partial charge >= 0.3 is 5.97 Å². The summed E-state index contributed by atoms with van der Waals surface area (Å²) >= 11 is 0. The van der Waals surface area contributed by atoms with E-state index in [1.807, 2.05) is 11.6 Å². The first-order valence-electron chi connectivity index (χ1n) is 13.3. The fourth-order valence-electron chi connectivity index (χ4n) is 4.55. The Morgan fingerprint density at radius 1 is 1.00 bits per heavy atom. The predicted molar refractivity (Wildman–Crippen MR) is 156 cm³/mol. The van der Waals surface area contributed by atoms with Crippen molar-refractivity contribution in [1.29, 1.82) is 0 Å². The Morgan fingerprint density at radius 2 is 1.63 bits per heavy atom. The number of amides is 1. The Balaban J connectivity index is 1.71. The number of benzene rings is 3. The number of sulfone groups is 1. The predicted octanol–water partition coefficient (Wildman–Crippen LogP) is 4.33. The van der Waals surface area contributed by atoms with Gasteiger partial charge in [-0.05, 0) is 65.1 Å². The maximum Gasteiger partial charge on any atom is 0.326 e. The molecule has 3 aromatic carbocycles. The summed E-state index contributed by atoms with van der Waals surface area (Å²) in [6.07, 6.45) is 3.95. The van der Waals surface area contributed by atoms with E-state index >= 15 is 0 Å². The van der Waals surface area contributed by atoms with Crippen molar-refractivity contribution in [3.8, 4) is 11.1 Å². The average Bonchev–Trinajstić information content (AvgIpc) is 3.37. The Morgan fingerprint density at radius 3 is 2.21 bits per heavy atom. The lowest BCUT2D eigenvalue weighted by molar-refractivity contribution is -0.139. The molecule has 0 spiro atoms. The van der Waals surface area contributed by atoms with Crippen LogP contribution in [0.2, 0.25) is 0 Å². The molecule has 2 N–H and O–H groups in total. The van der Waals surface area contributed by atoms with Gasteiger partial charge < -0.3 is 19.7 Å². The SMILES string of the molecule is Cn1cncc1CCOC(c1ccc(F)cc1)c1ccc(C(=O)N[C@@H](CCS(C)(=O)=O)C(=O)O)c(-c2ccc(F)cc2)c1. The molecule has 1 unspecified atom stereocenters. The van der Waals surface area contributed by atoms with Crippen LogP contribution in [0.1, 0.15) is 39.7 Å². The molecule has 1 amide bonds. The van der Waals surface area contributed by atoms with Crippen molar-refractivity contribution in [2.45, 2.75) is 25.0 Å². The van der Waals surface area contributed by atoms with E-state index in [4.69, 9.17) is 4.74 Å². The summed E-state index contributed by atoms with van der Waals surface area (Å²) < 4.78 is 58.9. The molecule has 0 radical (unpaired) electrons. The van der Waals surface area contributed by atoms with E-state index in [2.05, 4.69) is 10.3 Å². The van der Waals surface area contributed by atoms with Crippen molar-refractivity contribution < 1.29 is 36.6 Å². The molecule has 4 aromatic rings. The quantitative estimate of drug-likeness (QED) is 0.230. The van der Waals surface area contributed by atoms with Gasteiger partial charge in [0.15, 0.2) is 0 Å². The zero-order valence-electron chi connectivity index (χ0n) is 23.5. The molecule has 0 aliphatic carbocycles. The third kappa shape index (κ3) is 8.55. The number of rotatable bonds is 13. The maximum absolute atomic E-state index is 13.8. The number of carboxylic acids is 1. The Hall–Kier alpha value is -4.42. The molecule has 12 heteroatoms. The number of carboxylic acid groups (broad SMARTS) is 1. The van der Waals surface area contributed by atoms with Gasteiger partial charge in [0.05, 0.1) is 18.7 Å². The third-order valence-electron chi connectivity index (χ3n) is 6.86. The molecule has 0 fully saturated rings. The van der Waals surface area contributed by atoms with Gasteiger partial charge in [-0.25, -0.2) is 27.0 Å². The van der Waals surface area contributed by atoms with Gasteiger partial charge in [0, 0.05) is 37.2 Å². The van der Waals surface area contributed by atoms with Crippen LogP contribution >= 0.6 is 0 Å². The highest BCUT2D eigenvalue weighted by atomic mass is 32.2. The first-order chi connectivity index (χ1) is 20.4. The van der Waals surface area contributed by atoms with E-state index < -0.39 is 51.2 Å². The van der Waals surface area contributed by atoms with Gasteiger partial charge in [-0.3, -0.25) is 4.79 Å². The molecule has 1 aromatic heterocycles. The number of halogens is 2. The molecular formula is C31H31F2N3O6S. The van der Waals surface area contributed by atoms with E-state index in [0.717, 1.165) is 11.9 Å². The molecule has 43 heavy (non-hydrogen) atoms. The van der Waals surface area contributed by atoms with Crippen molar-refractivity contribution in [1.82, 2.24) is 14.9 Å². The lowest BCUT2D eigenvalue weighted by Gasteiger charge is -2.22. The van der Waals surface area contributed by atoms with Gasteiger partial charge in [0.25, 0.3) is 5.91 Å². The number of aliphatic carboxylic acids is 1. The Bertz CT molecular complexity index is 1690. The first kappa shape index (κ1) is 31.5. The van der Waals surface area contributed by atoms with Crippen LogP contribution in [0.4, 0.5) is 8.78 Å². The standard InChI is InChI=1S/C31H31F2N3O6S/c1-36-19-34-18-25(36)13-15-42-29(21-5-10-24(33)11-6-21)22-7-12-26(27(17-22)20-3-8-23(32)9-4-20)30(37)35-28(31(38)39)14-16-43(2,40)41/h3-12,17-19,28-29H,13-16H2,1-2H3,(H,35,37)(H,38,39)/t28-,29?/m0/s1. The van der Waals surface area contributed by atoms with Crippen LogP contribution in [-0.4, -0.2) is 59.6 Å². The molecular weight excluding hydrogens is 580 g/mol. The molecule has 0 aliphatic heterocycles. The van der Waals surface area contributed by atoms with Gasteiger partial charge in [0.1, 0.15) is 33.6 Å². The number of nitrogens with one attached hydrogen (secondary N) is 1. The number of ether oxygens (including phenoxy) is 1. The third-order valence-corrected chi connectivity index (χ3v) is 7.84. The van der Waals surface area contributed by atoms with E-state index in [9.17, 15) is 31.9 Å². The van der Waals surface area contributed by atoms with Crippen molar-refractivity contribution in [3.63, 3.8) is 0 Å². The minimum Gasteiger partial charge on any atom is -0.480 e. The summed E-state index contributed by atoms with van der Waals surface area (Å²) in [5, 5.41) is 12.0. The van der Waals surface area contributed by atoms with E-state index in [1.54, 1.807) is 36.8 Å². The van der Waals surface area contributed by atoms with Crippen LogP contribution < -0.4 is 5.32 Å². The highest BCUT2D eigenvalue weighted by molar-refractivity contribution is 7.90. The van der Waals surface area contributed by atoms with E-state index in [1.165, 1.54) is 42.5 Å². The van der Waals surface area contributed by atoms with Crippen molar-refractivity contribution in [2.24, 2.45) is 7.05 Å². The molecule has 0 aliphatic rings. The molecule has 9 nitrogen and oxygen atoms in total. The minimum absolute atomic E-state index is 0.0914. The number of carbonyl (C=O) groups excluding carboxylic acids is 1. The summed E-state index contributed by atoms with van der Waals surface area (Å²) in [6, 6.07) is 14.7. The summed E-state index contributed by atoms with van der Waals surface area (Å²) in [5.41, 5.74) is 3.14. The number of imidazole rings is 1. The second-order valence-electron chi connectivity index (χ2n) is 10.1. The largest absolute Gasteiger partial charge is 0.480 e. The summed E-state index contributed by atoms with van der Waals surface area (Å²) in [4.78, 5) is 29.3. The molecule has 0 bridgehead atoms. The molecule has 0 saturated heterocycles. The van der Waals surface area contributed by atoms with Gasteiger partial charge in [0.2, 0.25) is 0 Å². The van der Waals surface area contributed by atoms with Crippen molar-refractivity contribution in [3.05, 3.63) is 113 Å².